The van der Waals surface area contributed by atoms with E-state index in [0.29, 0.717) is 31.5 Å². The van der Waals surface area contributed by atoms with E-state index in [-0.39, 0.29) is 17.6 Å². The number of nitrogens with one attached hydrogen (secondary N) is 1. The average Bonchev–Trinajstić information content (AvgIpc) is 3.38. The number of piperidine rings is 1. The van der Waals surface area contributed by atoms with Crippen molar-refractivity contribution in [2.75, 3.05) is 46.4 Å². The third kappa shape index (κ3) is 4.34. The first kappa shape index (κ1) is 19.7. The van der Waals surface area contributed by atoms with Crippen LogP contribution in [0.25, 0.3) is 0 Å². The molecule has 0 aromatic heterocycles. The molecule has 1 aliphatic carbocycles. The molecule has 6 nitrogen and oxygen atoms in total. The number of ether oxygens (including phenoxy) is 1. The van der Waals surface area contributed by atoms with E-state index < -0.39 is 0 Å². The topological polar surface area (TPSA) is 65.0 Å². The highest BCUT2D eigenvalue weighted by atomic mass is 16.5. The van der Waals surface area contributed by atoms with Gasteiger partial charge < -0.3 is 25.0 Å². The summed E-state index contributed by atoms with van der Waals surface area (Å²) < 4.78 is 5.57. The molecule has 2 aliphatic heterocycles. The van der Waals surface area contributed by atoms with E-state index in [1.807, 2.05) is 4.90 Å². The molecule has 3 fully saturated rings. The van der Waals surface area contributed by atoms with Crippen LogP contribution in [0, 0.1) is 5.41 Å². The normalized spacial score (nSPS) is 29.1. The van der Waals surface area contributed by atoms with Gasteiger partial charge >= 0.3 is 6.03 Å². The molecule has 154 valence electrons. The van der Waals surface area contributed by atoms with Crippen molar-refractivity contribution in [3.8, 4) is 0 Å². The minimum atomic E-state index is -0.360. The number of carbonyl (C=O) groups is 1. The summed E-state index contributed by atoms with van der Waals surface area (Å²) in [6.45, 7) is 4.35. The second-order valence-corrected chi connectivity index (χ2v) is 8.83. The van der Waals surface area contributed by atoms with Gasteiger partial charge in [-0.15, -0.1) is 0 Å². The highest BCUT2D eigenvalue weighted by Gasteiger charge is 2.42. The standard InChI is InChI=1S/C22H33N3O3/c1-28-16-22(15-23-20-13-19(20)17-5-3-2-4-6-17)8-11-24(12-9-22)21(27)25-10-7-18(26)14-25/h2-6,18-20,23,26H,7-16H2,1H3/t18-,19-,20+/m0/s1. The first-order valence-electron chi connectivity index (χ1n) is 10.6. The van der Waals surface area contributed by atoms with Crippen molar-refractivity contribution in [2.45, 2.75) is 43.7 Å². The minimum Gasteiger partial charge on any atom is -0.391 e. The van der Waals surface area contributed by atoms with Gasteiger partial charge in [0.2, 0.25) is 0 Å². The molecule has 6 heteroatoms. The smallest absolute Gasteiger partial charge is 0.320 e. The van der Waals surface area contributed by atoms with Crippen molar-refractivity contribution < 1.29 is 14.6 Å². The number of methoxy groups -OCH3 is 1. The quantitative estimate of drug-likeness (QED) is 0.784. The predicted molar refractivity (Wildman–Crippen MR) is 108 cm³/mol. The maximum atomic E-state index is 12.7. The van der Waals surface area contributed by atoms with Crippen LogP contribution in [0.2, 0.25) is 0 Å². The Morgan fingerprint density at radius 3 is 2.61 bits per heavy atom. The Labute approximate surface area is 167 Å². The molecule has 0 radical (unpaired) electrons. The fourth-order valence-corrected chi connectivity index (χ4v) is 4.80. The lowest BCUT2D eigenvalue weighted by Crippen LogP contribution is -2.52. The van der Waals surface area contributed by atoms with Crippen molar-refractivity contribution in [3.05, 3.63) is 35.9 Å². The van der Waals surface area contributed by atoms with Crippen molar-refractivity contribution in [3.63, 3.8) is 0 Å². The molecule has 0 unspecified atom stereocenters. The van der Waals surface area contributed by atoms with Crippen molar-refractivity contribution in [1.29, 1.82) is 0 Å². The molecule has 2 amide bonds. The van der Waals surface area contributed by atoms with Crippen molar-refractivity contribution in [1.82, 2.24) is 15.1 Å². The van der Waals surface area contributed by atoms with Gasteiger partial charge in [-0.1, -0.05) is 30.3 Å². The third-order valence-corrected chi connectivity index (χ3v) is 6.74. The second kappa shape index (κ2) is 8.39. The van der Waals surface area contributed by atoms with Crippen LogP contribution in [0.3, 0.4) is 0 Å². The number of urea groups is 1. The summed E-state index contributed by atoms with van der Waals surface area (Å²) in [6.07, 6.45) is 3.45. The molecule has 1 aromatic rings. The zero-order valence-corrected chi connectivity index (χ0v) is 16.8. The molecule has 2 N–H and O–H groups in total. The Hall–Kier alpha value is -1.63. The average molecular weight is 388 g/mol. The first-order chi connectivity index (χ1) is 13.6. The Balaban J connectivity index is 1.28. The Kier molecular flexibility index (Phi) is 5.90. The summed E-state index contributed by atoms with van der Waals surface area (Å²) in [5.41, 5.74) is 1.52. The minimum absolute atomic E-state index is 0.0851. The van der Waals surface area contributed by atoms with Crippen LogP contribution in [0.4, 0.5) is 4.79 Å². The van der Waals surface area contributed by atoms with Gasteiger partial charge in [-0.05, 0) is 31.2 Å². The predicted octanol–water partition coefficient (Wildman–Crippen LogP) is 2.05. The van der Waals surface area contributed by atoms with Crippen LogP contribution in [0.1, 0.15) is 37.2 Å². The Morgan fingerprint density at radius 2 is 1.96 bits per heavy atom. The molecule has 0 bridgehead atoms. The van der Waals surface area contributed by atoms with E-state index in [9.17, 15) is 9.90 Å². The molecule has 2 heterocycles. The number of amides is 2. The van der Waals surface area contributed by atoms with Crippen molar-refractivity contribution in [2.24, 2.45) is 5.41 Å². The van der Waals surface area contributed by atoms with Crippen molar-refractivity contribution >= 4 is 6.03 Å². The lowest BCUT2D eigenvalue weighted by atomic mass is 9.79. The van der Waals surface area contributed by atoms with E-state index in [2.05, 4.69) is 35.6 Å². The molecule has 4 rings (SSSR count). The molecule has 3 aliphatic rings. The van der Waals surface area contributed by atoms with Gasteiger partial charge in [-0.3, -0.25) is 0 Å². The number of benzene rings is 1. The molecule has 0 spiro atoms. The highest BCUT2D eigenvalue weighted by molar-refractivity contribution is 5.75. The summed E-state index contributed by atoms with van der Waals surface area (Å²) in [5, 5.41) is 13.5. The fraction of sp³-hybridized carbons (Fsp3) is 0.682. The monoisotopic (exact) mass is 387 g/mol. The van der Waals surface area contributed by atoms with Crippen LogP contribution in [-0.4, -0.2) is 79.5 Å². The van der Waals surface area contributed by atoms with Crippen LogP contribution in [0.5, 0.6) is 0 Å². The molecular formula is C22H33N3O3. The zero-order valence-electron chi connectivity index (χ0n) is 16.8. The van der Waals surface area contributed by atoms with Crippen LogP contribution in [-0.2, 0) is 4.74 Å². The molecule has 1 aromatic carbocycles. The van der Waals surface area contributed by atoms with Crippen LogP contribution >= 0.6 is 0 Å². The van der Waals surface area contributed by atoms with Gasteiger partial charge in [0.25, 0.3) is 0 Å². The molecular weight excluding hydrogens is 354 g/mol. The number of hydrogen-bond acceptors (Lipinski definition) is 4. The Bertz CT molecular complexity index is 660. The number of β-amino-alcohol motifs (C(OH)–C–C–N with tert-alkyl or cyclic N) is 1. The van der Waals surface area contributed by atoms with E-state index >= 15 is 0 Å². The molecule has 3 atom stereocenters. The number of hydrogen-bond donors (Lipinski definition) is 2. The van der Waals surface area contributed by atoms with Crippen LogP contribution < -0.4 is 5.32 Å². The first-order valence-corrected chi connectivity index (χ1v) is 10.6. The third-order valence-electron chi connectivity index (χ3n) is 6.74. The van der Waals surface area contributed by atoms with E-state index in [4.69, 9.17) is 4.74 Å². The van der Waals surface area contributed by atoms with Gasteiger partial charge in [0, 0.05) is 57.2 Å². The number of aliphatic hydroxyl groups is 1. The van der Waals surface area contributed by atoms with Gasteiger partial charge in [0.15, 0.2) is 0 Å². The van der Waals surface area contributed by atoms with Gasteiger partial charge in [-0.2, -0.15) is 0 Å². The van der Waals surface area contributed by atoms with Crippen LogP contribution in [0.15, 0.2) is 30.3 Å². The summed E-state index contributed by atoms with van der Waals surface area (Å²) in [7, 11) is 1.77. The molecule has 1 saturated carbocycles. The number of nitrogens with zero attached hydrogens (tertiary/aromatic N) is 2. The molecule has 2 saturated heterocycles. The van der Waals surface area contributed by atoms with E-state index in [1.165, 1.54) is 12.0 Å². The highest BCUT2D eigenvalue weighted by Crippen LogP contribution is 2.42. The van der Waals surface area contributed by atoms with Gasteiger partial charge in [-0.25, -0.2) is 4.79 Å². The number of rotatable bonds is 6. The molecule has 28 heavy (non-hydrogen) atoms. The number of likely N-dealkylation sites (tertiary alicyclic amines) is 2. The summed E-state index contributed by atoms with van der Waals surface area (Å²) >= 11 is 0. The second-order valence-electron chi connectivity index (χ2n) is 8.83. The van der Waals surface area contributed by atoms with E-state index in [0.717, 1.165) is 39.1 Å². The number of aliphatic hydroxyl groups excluding tert-OH is 1. The lowest BCUT2D eigenvalue weighted by molar-refractivity contribution is 0.0261. The summed E-state index contributed by atoms with van der Waals surface area (Å²) in [4.78, 5) is 16.4. The van der Waals surface area contributed by atoms with E-state index in [1.54, 1.807) is 12.0 Å². The van der Waals surface area contributed by atoms with Gasteiger partial charge in [0.05, 0.1) is 12.7 Å². The largest absolute Gasteiger partial charge is 0.391 e. The lowest BCUT2D eigenvalue weighted by Gasteiger charge is -2.42. The zero-order chi connectivity index (χ0) is 19.6. The Morgan fingerprint density at radius 1 is 1.21 bits per heavy atom. The summed E-state index contributed by atoms with van der Waals surface area (Å²) in [5.74, 6) is 0.629. The maximum absolute atomic E-state index is 12.7. The number of carbonyl (C=O) groups excluding carboxylic acids is 1. The SMILES string of the molecule is COCC1(CN[C@@H]2C[C@H]2c2ccccc2)CCN(C(=O)N2CC[C@H](O)C2)CC1. The van der Waals surface area contributed by atoms with Gasteiger partial charge in [0.1, 0.15) is 0 Å². The fourth-order valence-electron chi connectivity index (χ4n) is 4.80. The summed E-state index contributed by atoms with van der Waals surface area (Å²) in [6, 6.07) is 11.4. The maximum Gasteiger partial charge on any atom is 0.320 e.